The fourth-order valence-electron chi connectivity index (χ4n) is 6.62. The van der Waals surface area contributed by atoms with Gasteiger partial charge in [0.05, 0.1) is 5.41 Å². The van der Waals surface area contributed by atoms with Gasteiger partial charge >= 0.3 is 0 Å². The van der Waals surface area contributed by atoms with Crippen molar-refractivity contribution in [3.63, 3.8) is 0 Å². The number of hydrogen-bond donors (Lipinski definition) is 4. The number of carbonyl (C=O) groups is 3. The molecular formula is C28H33N5O4. The molecule has 1 saturated carbocycles. The van der Waals surface area contributed by atoms with Crippen LogP contribution in [0.5, 0.6) is 0 Å². The van der Waals surface area contributed by atoms with E-state index in [1.54, 1.807) is 6.20 Å². The Balaban J connectivity index is 1.19. The maximum Gasteiger partial charge on any atom is 0.244 e. The van der Waals surface area contributed by atoms with Crippen molar-refractivity contribution in [3.8, 4) is 0 Å². The Hall–Kier alpha value is -3.30. The molecule has 3 amide bonds. The van der Waals surface area contributed by atoms with Crippen molar-refractivity contribution < 1.29 is 19.5 Å². The van der Waals surface area contributed by atoms with Gasteiger partial charge in [0.15, 0.2) is 5.72 Å². The summed E-state index contributed by atoms with van der Waals surface area (Å²) in [4.78, 5) is 45.3. The van der Waals surface area contributed by atoms with Crippen molar-refractivity contribution in [1.82, 2.24) is 15.2 Å². The summed E-state index contributed by atoms with van der Waals surface area (Å²) in [5, 5.41) is 20.4. The second-order valence-corrected chi connectivity index (χ2v) is 11.0. The van der Waals surface area contributed by atoms with Gasteiger partial charge in [-0.3, -0.25) is 14.4 Å². The van der Waals surface area contributed by atoms with Crippen LogP contribution >= 0.6 is 0 Å². The quantitative estimate of drug-likeness (QED) is 0.464. The van der Waals surface area contributed by atoms with E-state index in [9.17, 15) is 19.5 Å². The lowest BCUT2D eigenvalue weighted by atomic mass is 9.79. The Bertz CT molecular complexity index is 1250. The molecule has 9 heteroatoms. The van der Waals surface area contributed by atoms with E-state index in [0.717, 1.165) is 55.3 Å². The van der Waals surface area contributed by atoms with E-state index in [1.165, 1.54) is 4.90 Å². The number of aliphatic hydroxyl groups is 1. The first kappa shape index (κ1) is 24.1. The van der Waals surface area contributed by atoms with Gasteiger partial charge in [-0.05, 0) is 74.4 Å². The minimum absolute atomic E-state index is 0.0432. The smallest absolute Gasteiger partial charge is 0.244 e. The molecule has 4 N–H and O–H groups in total. The van der Waals surface area contributed by atoms with Gasteiger partial charge in [-0.1, -0.05) is 25.0 Å². The number of fused-ring (bicyclic) bond motifs is 3. The van der Waals surface area contributed by atoms with Crippen molar-refractivity contribution in [2.24, 2.45) is 5.92 Å². The lowest BCUT2D eigenvalue weighted by Gasteiger charge is -2.43. The number of piperidine rings is 1. The van der Waals surface area contributed by atoms with E-state index in [2.05, 4.69) is 20.9 Å². The fraction of sp³-hybridized carbons (Fsp3) is 0.500. The summed E-state index contributed by atoms with van der Waals surface area (Å²) in [6.45, 7) is 0.850. The first-order chi connectivity index (χ1) is 17.9. The van der Waals surface area contributed by atoms with Crippen LogP contribution in [0.3, 0.4) is 0 Å². The molecule has 194 valence electrons. The van der Waals surface area contributed by atoms with Crippen molar-refractivity contribution in [1.29, 1.82) is 0 Å². The maximum absolute atomic E-state index is 13.4. The standard InChI is InChI=1S/C28H33N5O4/c34-23(16-33(25(35)18-5-1-2-6-18)28(37)10-4-11-29-17-28)31-21-9-8-19-14-27(15-20(19)13-21)22-7-3-12-30-24(22)32-26(27)36/h3,7-9,12-13,18,29,37H,1-2,4-6,10-11,14-17H2,(H,31,34)(H,30,32,36)/t27-,28+/m1/s1. The van der Waals surface area contributed by atoms with Gasteiger partial charge in [-0.15, -0.1) is 0 Å². The first-order valence-corrected chi connectivity index (χ1v) is 13.3. The van der Waals surface area contributed by atoms with Crippen LogP contribution in [0.25, 0.3) is 0 Å². The summed E-state index contributed by atoms with van der Waals surface area (Å²) in [5.74, 6) is -0.0281. The Labute approximate surface area is 216 Å². The lowest BCUT2D eigenvalue weighted by Crippen LogP contribution is -2.62. The van der Waals surface area contributed by atoms with Crippen LogP contribution in [0.15, 0.2) is 36.5 Å². The largest absolute Gasteiger partial charge is 0.369 e. The number of amides is 3. The summed E-state index contributed by atoms with van der Waals surface area (Å²) in [6.07, 6.45) is 7.60. The Morgan fingerprint density at radius 2 is 1.95 bits per heavy atom. The number of pyridine rings is 1. The molecule has 2 fully saturated rings. The van der Waals surface area contributed by atoms with E-state index >= 15 is 0 Å². The second kappa shape index (κ2) is 9.22. The number of β-amino-alcohol motifs (C(OH)–C–C–N with tert-alkyl or cyclic N) is 1. The topological polar surface area (TPSA) is 124 Å². The number of anilines is 2. The van der Waals surface area contributed by atoms with Gasteiger partial charge in [0, 0.05) is 29.9 Å². The van der Waals surface area contributed by atoms with Crippen molar-refractivity contribution in [3.05, 3.63) is 53.2 Å². The maximum atomic E-state index is 13.4. The van der Waals surface area contributed by atoms with Crippen LogP contribution in [0.2, 0.25) is 0 Å². The van der Waals surface area contributed by atoms with E-state index in [1.807, 2.05) is 30.3 Å². The number of nitrogens with one attached hydrogen (secondary N) is 3. The summed E-state index contributed by atoms with van der Waals surface area (Å²) in [6, 6.07) is 9.53. The Kier molecular flexibility index (Phi) is 6.00. The summed E-state index contributed by atoms with van der Waals surface area (Å²) in [7, 11) is 0. The third-order valence-electron chi connectivity index (χ3n) is 8.58. The van der Waals surface area contributed by atoms with Gasteiger partial charge < -0.3 is 26.0 Å². The number of benzene rings is 1. The van der Waals surface area contributed by atoms with E-state index in [-0.39, 0.29) is 36.7 Å². The molecule has 1 aromatic heterocycles. The molecule has 0 bridgehead atoms. The van der Waals surface area contributed by atoms with E-state index in [0.29, 0.717) is 30.8 Å². The molecule has 2 aliphatic carbocycles. The minimum atomic E-state index is -1.36. The van der Waals surface area contributed by atoms with Crippen molar-refractivity contribution >= 4 is 29.2 Å². The van der Waals surface area contributed by atoms with Crippen LogP contribution in [-0.2, 0) is 32.6 Å². The number of carbonyl (C=O) groups excluding carboxylic acids is 3. The third kappa shape index (κ3) is 4.20. The van der Waals surface area contributed by atoms with Crippen LogP contribution < -0.4 is 16.0 Å². The predicted octanol–water partition coefficient (Wildman–Crippen LogP) is 2.10. The number of nitrogens with zero attached hydrogens (tertiary/aromatic N) is 2. The lowest BCUT2D eigenvalue weighted by molar-refractivity contribution is -0.170. The van der Waals surface area contributed by atoms with Gasteiger partial charge in [0.25, 0.3) is 0 Å². The van der Waals surface area contributed by atoms with Gasteiger partial charge in [-0.2, -0.15) is 0 Å². The molecule has 2 aliphatic heterocycles. The molecule has 0 radical (unpaired) electrons. The molecule has 1 spiro atoms. The average molecular weight is 504 g/mol. The molecule has 4 aliphatic rings. The fourth-order valence-corrected chi connectivity index (χ4v) is 6.62. The molecular weight excluding hydrogens is 470 g/mol. The Morgan fingerprint density at radius 1 is 1.14 bits per heavy atom. The number of hydrogen-bond acceptors (Lipinski definition) is 6. The van der Waals surface area contributed by atoms with E-state index in [4.69, 9.17) is 0 Å². The summed E-state index contributed by atoms with van der Waals surface area (Å²) >= 11 is 0. The minimum Gasteiger partial charge on any atom is -0.369 e. The summed E-state index contributed by atoms with van der Waals surface area (Å²) in [5.41, 5.74) is 1.58. The number of aromatic nitrogens is 1. The highest BCUT2D eigenvalue weighted by Gasteiger charge is 2.51. The molecule has 9 nitrogen and oxygen atoms in total. The molecule has 0 unspecified atom stereocenters. The molecule has 1 aromatic carbocycles. The van der Waals surface area contributed by atoms with Crippen LogP contribution in [-0.4, -0.2) is 58.1 Å². The van der Waals surface area contributed by atoms with Gasteiger partial charge in [-0.25, -0.2) is 4.98 Å². The van der Waals surface area contributed by atoms with Gasteiger partial charge in [0.1, 0.15) is 12.4 Å². The average Bonchev–Trinajstić information content (AvgIpc) is 3.62. The second-order valence-electron chi connectivity index (χ2n) is 11.0. The van der Waals surface area contributed by atoms with E-state index < -0.39 is 11.1 Å². The zero-order valence-corrected chi connectivity index (χ0v) is 20.9. The highest BCUT2D eigenvalue weighted by Crippen LogP contribution is 2.47. The van der Waals surface area contributed by atoms with Crippen molar-refractivity contribution in [2.75, 3.05) is 30.3 Å². The van der Waals surface area contributed by atoms with Crippen LogP contribution in [0, 0.1) is 5.92 Å². The molecule has 2 atom stereocenters. The molecule has 6 rings (SSSR count). The SMILES string of the molecule is O=C(CN(C(=O)C1CCCC1)[C@]1(O)CCCNC1)Nc1ccc2c(c1)C[C@@]1(C2)C(=O)Nc2ncccc21. The first-order valence-electron chi connectivity index (χ1n) is 13.3. The van der Waals surface area contributed by atoms with Crippen molar-refractivity contribution in [2.45, 2.75) is 62.5 Å². The molecule has 2 aromatic rings. The molecule has 37 heavy (non-hydrogen) atoms. The third-order valence-corrected chi connectivity index (χ3v) is 8.58. The number of rotatable bonds is 5. The van der Waals surface area contributed by atoms with Gasteiger partial charge in [0.2, 0.25) is 17.7 Å². The zero-order valence-electron chi connectivity index (χ0n) is 20.9. The monoisotopic (exact) mass is 503 g/mol. The zero-order chi connectivity index (χ0) is 25.6. The molecule has 3 heterocycles. The highest BCUT2D eigenvalue weighted by atomic mass is 16.3. The highest BCUT2D eigenvalue weighted by molar-refractivity contribution is 6.06. The van der Waals surface area contributed by atoms with Crippen LogP contribution in [0.4, 0.5) is 11.5 Å². The normalized spacial score (nSPS) is 26.6. The Morgan fingerprint density at radius 3 is 2.73 bits per heavy atom. The van der Waals surface area contributed by atoms with Crippen LogP contribution in [0.1, 0.15) is 55.2 Å². The molecule has 1 saturated heterocycles. The summed E-state index contributed by atoms with van der Waals surface area (Å²) < 4.78 is 0. The predicted molar refractivity (Wildman–Crippen MR) is 138 cm³/mol.